The molecular formula is C19H21NO6S. The van der Waals surface area contributed by atoms with Crippen LogP contribution in [-0.4, -0.2) is 37.7 Å². The lowest BCUT2D eigenvalue weighted by Crippen LogP contribution is -2.41. The van der Waals surface area contributed by atoms with Crippen LogP contribution in [0.1, 0.15) is 35.9 Å². The molecule has 0 unspecified atom stereocenters. The lowest BCUT2D eigenvalue weighted by atomic mass is 10.1. The molecule has 27 heavy (non-hydrogen) atoms. The maximum absolute atomic E-state index is 12.8. The van der Waals surface area contributed by atoms with Crippen molar-refractivity contribution >= 4 is 15.8 Å². The average molecular weight is 391 g/mol. The summed E-state index contributed by atoms with van der Waals surface area (Å²) in [6.45, 7) is 3.75. The van der Waals surface area contributed by atoms with Gasteiger partial charge in [0, 0.05) is 24.7 Å². The molecule has 1 fully saturated rings. The maximum Gasteiger partial charge on any atom is 0.339 e. The number of Topliss-reactive ketones (excluding diaryl/α,β-unsaturated/α-hetero) is 1. The Hall–Kier alpha value is -2.45. The smallest absolute Gasteiger partial charge is 0.339 e. The molecule has 1 aliphatic heterocycles. The SMILES string of the molecule is CC(=O)c1ccc(S(=O)(=O)N2CCC(Oc3cc(C)oc(=O)c3)CC2)cc1. The number of hydrogen-bond acceptors (Lipinski definition) is 6. The second-order valence-electron chi connectivity index (χ2n) is 6.52. The molecule has 1 aromatic heterocycles. The summed E-state index contributed by atoms with van der Waals surface area (Å²) < 4.78 is 37.7. The number of benzene rings is 1. The van der Waals surface area contributed by atoms with E-state index in [9.17, 15) is 18.0 Å². The van der Waals surface area contributed by atoms with Crippen molar-refractivity contribution in [3.63, 3.8) is 0 Å². The van der Waals surface area contributed by atoms with E-state index in [1.807, 2.05) is 0 Å². The highest BCUT2D eigenvalue weighted by atomic mass is 32.2. The highest BCUT2D eigenvalue weighted by molar-refractivity contribution is 7.89. The Balaban J connectivity index is 1.65. The molecule has 1 aliphatic rings. The summed E-state index contributed by atoms with van der Waals surface area (Å²) in [5, 5.41) is 0. The Morgan fingerprint density at radius 1 is 1.15 bits per heavy atom. The molecule has 7 nitrogen and oxygen atoms in total. The van der Waals surface area contributed by atoms with Crippen LogP contribution in [0, 0.1) is 6.92 Å². The minimum atomic E-state index is -3.61. The fraction of sp³-hybridized carbons (Fsp3) is 0.368. The topological polar surface area (TPSA) is 93.9 Å². The summed E-state index contributed by atoms with van der Waals surface area (Å²) >= 11 is 0. The molecule has 8 heteroatoms. The number of hydrogen-bond donors (Lipinski definition) is 0. The number of ketones is 1. The summed E-state index contributed by atoms with van der Waals surface area (Å²) in [5.41, 5.74) is 0.00251. The molecule has 0 saturated carbocycles. The number of piperidine rings is 1. The van der Waals surface area contributed by atoms with Gasteiger partial charge in [0.2, 0.25) is 10.0 Å². The van der Waals surface area contributed by atoms with Crippen molar-refractivity contribution in [3.8, 4) is 5.75 Å². The molecule has 0 spiro atoms. The maximum atomic E-state index is 12.8. The molecule has 2 aromatic rings. The van der Waals surface area contributed by atoms with Crippen molar-refractivity contribution in [1.82, 2.24) is 4.31 Å². The van der Waals surface area contributed by atoms with E-state index in [-0.39, 0.29) is 16.8 Å². The van der Waals surface area contributed by atoms with E-state index >= 15 is 0 Å². The molecule has 0 aliphatic carbocycles. The van der Waals surface area contributed by atoms with Crippen molar-refractivity contribution < 1.29 is 22.4 Å². The van der Waals surface area contributed by atoms with Crippen LogP contribution in [0.4, 0.5) is 0 Å². The Bertz CT molecular complexity index is 986. The van der Waals surface area contributed by atoms with Gasteiger partial charge in [0.15, 0.2) is 5.78 Å². The van der Waals surface area contributed by atoms with E-state index in [1.165, 1.54) is 41.6 Å². The lowest BCUT2D eigenvalue weighted by Gasteiger charge is -2.31. The van der Waals surface area contributed by atoms with E-state index in [2.05, 4.69) is 0 Å². The van der Waals surface area contributed by atoms with Crippen molar-refractivity contribution in [1.29, 1.82) is 0 Å². The van der Waals surface area contributed by atoms with Crippen molar-refractivity contribution in [2.45, 2.75) is 37.7 Å². The molecule has 0 amide bonds. The predicted octanol–water partition coefficient (Wildman–Crippen LogP) is 2.38. The van der Waals surface area contributed by atoms with Gasteiger partial charge in [-0.3, -0.25) is 4.79 Å². The molecule has 0 bridgehead atoms. The van der Waals surface area contributed by atoms with E-state index in [0.29, 0.717) is 43.0 Å². The van der Waals surface area contributed by atoms with Crippen LogP contribution < -0.4 is 10.4 Å². The number of aryl methyl sites for hydroxylation is 1. The van der Waals surface area contributed by atoms with Crippen LogP contribution in [0.15, 0.2) is 50.5 Å². The zero-order chi connectivity index (χ0) is 19.6. The Kier molecular flexibility index (Phi) is 5.48. The lowest BCUT2D eigenvalue weighted by molar-refractivity contribution is 0.101. The monoisotopic (exact) mass is 391 g/mol. The van der Waals surface area contributed by atoms with Crippen LogP contribution in [0.25, 0.3) is 0 Å². The Morgan fingerprint density at radius 2 is 1.78 bits per heavy atom. The van der Waals surface area contributed by atoms with Crippen molar-refractivity contribution in [3.05, 3.63) is 58.1 Å². The normalized spacial score (nSPS) is 16.2. The van der Waals surface area contributed by atoms with Gasteiger partial charge < -0.3 is 9.15 Å². The highest BCUT2D eigenvalue weighted by Crippen LogP contribution is 2.24. The fourth-order valence-corrected chi connectivity index (χ4v) is 4.51. The summed E-state index contributed by atoms with van der Waals surface area (Å²) in [6, 6.07) is 8.89. The van der Waals surface area contributed by atoms with Crippen molar-refractivity contribution in [2.24, 2.45) is 0 Å². The van der Waals surface area contributed by atoms with E-state index < -0.39 is 15.6 Å². The number of nitrogens with zero attached hydrogens (tertiary/aromatic N) is 1. The van der Waals surface area contributed by atoms with Crippen molar-refractivity contribution in [2.75, 3.05) is 13.1 Å². The second kappa shape index (κ2) is 7.66. The molecule has 1 aromatic carbocycles. The molecule has 1 saturated heterocycles. The first-order valence-corrected chi connectivity index (χ1v) is 10.1. The van der Waals surface area contributed by atoms with Gasteiger partial charge in [0.1, 0.15) is 17.6 Å². The second-order valence-corrected chi connectivity index (χ2v) is 8.46. The minimum Gasteiger partial charge on any atom is -0.490 e. The molecule has 0 radical (unpaired) electrons. The molecule has 3 rings (SSSR count). The standard InChI is InChI=1S/C19H21NO6S/c1-13-11-17(12-19(22)25-13)26-16-7-9-20(10-8-16)27(23,24)18-5-3-15(4-6-18)14(2)21/h3-6,11-12,16H,7-10H2,1-2H3. The first kappa shape index (κ1) is 19.3. The van der Waals surface area contributed by atoms with E-state index in [0.717, 1.165) is 0 Å². The van der Waals surface area contributed by atoms with Gasteiger partial charge in [-0.05, 0) is 38.8 Å². The third-order valence-corrected chi connectivity index (χ3v) is 6.38. The molecule has 0 atom stereocenters. The zero-order valence-corrected chi connectivity index (χ0v) is 16.0. The van der Waals surface area contributed by atoms with Gasteiger partial charge in [0.25, 0.3) is 0 Å². The third kappa shape index (κ3) is 4.45. The fourth-order valence-electron chi connectivity index (χ4n) is 3.04. The number of rotatable bonds is 5. The molecule has 0 N–H and O–H groups in total. The summed E-state index contributed by atoms with van der Waals surface area (Å²) in [6.07, 6.45) is 0.867. The zero-order valence-electron chi connectivity index (χ0n) is 15.2. The summed E-state index contributed by atoms with van der Waals surface area (Å²) in [5.74, 6) is 0.790. The molecule has 144 valence electrons. The van der Waals surface area contributed by atoms with Gasteiger partial charge in [-0.15, -0.1) is 0 Å². The first-order chi connectivity index (χ1) is 12.8. The Morgan fingerprint density at radius 3 is 2.33 bits per heavy atom. The third-order valence-electron chi connectivity index (χ3n) is 4.47. The van der Waals surface area contributed by atoms with Gasteiger partial charge in [0.05, 0.1) is 11.0 Å². The largest absolute Gasteiger partial charge is 0.490 e. The first-order valence-electron chi connectivity index (χ1n) is 8.65. The molecular weight excluding hydrogens is 370 g/mol. The van der Waals surface area contributed by atoms with Gasteiger partial charge in [-0.2, -0.15) is 4.31 Å². The van der Waals surface area contributed by atoms with Crippen LogP contribution in [-0.2, 0) is 10.0 Å². The highest BCUT2D eigenvalue weighted by Gasteiger charge is 2.30. The number of ether oxygens (including phenoxy) is 1. The van der Waals surface area contributed by atoms with Crippen LogP contribution in [0.2, 0.25) is 0 Å². The van der Waals surface area contributed by atoms with Crippen LogP contribution >= 0.6 is 0 Å². The quantitative estimate of drug-likeness (QED) is 0.727. The predicted molar refractivity (Wildman–Crippen MR) is 98.6 cm³/mol. The number of carbonyl (C=O) groups is 1. The van der Waals surface area contributed by atoms with Crippen LogP contribution in [0.5, 0.6) is 5.75 Å². The van der Waals surface area contributed by atoms with Gasteiger partial charge in [-0.1, -0.05) is 12.1 Å². The summed E-state index contributed by atoms with van der Waals surface area (Å²) in [4.78, 5) is 22.9. The molecule has 2 heterocycles. The minimum absolute atomic E-state index is 0.109. The number of carbonyl (C=O) groups excluding carboxylic acids is 1. The number of sulfonamides is 1. The van der Waals surface area contributed by atoms with Gasteiger partial charge >= 0.3 is 5.63 Å². The van der Waals surface area contributed by atoms with Crippen LogP contribution in [0.3, 0.4) is 0 Å². The Labute approximate surface area is 157 Å². The average Bonchev–Trinajstić information content (AvgIpc) is 2.61. The van der Waals surface area contributed by atoms with E-state index in [1.54, 1.807) is 13.0 Å². The van der Waals surface area contributed by atoms with E-state index in [4.69, 9.17) is 9.15 Å². The van der Waals surface area contributed by atoms with Gasteiger partial charge in [-0.25, -0.2) is 13.2 Å². The summed E-state index contributed by atoms with van der Waals surface area (Å²) in [7, 11) is -3.61.